The Kier molecular flexibility index (Phi) is 8.91. The van der Waals surface area contributed by atoms with Gasteiger partial charge in [-0.15, -0.1) is 12.4 Å². The molecule has 138 valence electrons. The minimum absolute atomic E-state index is 0. The van der Waals surface area contributed by atoms with E-state index in [0.717, 1.165) is 0 Å². The molecule has 1 aromatic carbocycles. The fourth-order valence-corrected chi connectivity index (χ4v) is 3.86. The molecule has 0 aliphatic carbocycles. The van der Waals surface area contributed by atoms with Gasteiger partial charge < -0.3 is 10.5 Å². The summed E-state index contributed by atoms with van der Waals surface area (Å²) in [7, 11) is -3.71. The van der Waals surface area contributed by atoms with E-state index in [9.17, 15) is 13.2 Å². The third-order valence-electron chi connectivity index (χ3n) is 3.37. The Morgan fingerprint density at radius 2 is 1.83 bits per heavy atom. The standard InChI is InChI=1S/C16H26N2O4S.ClH/c1-5-22-15(19)13-6-8-14(9-7-13)23(20,21)18-16(4,11-17)10-12(2)3;/h6-9,12,18H,5,10-11,17H2,1-4H3;1H. The first-order valence-corrected chi connectivity index (χ1v) is 9.13. The molecule has 0 saturated heterocycles. The van der Waals surface area contributed by atoms with E-state index in [2.05, 4.69) is 4.72 Å². The van der Waals surface area contributed by atoms with Crippen LogP contribution in [0.2, 0.25) is 0 Å². The number of sulfonamides is 1. The van der Waals surface area contributed by atoms with Crippen LogP contribution in [0.1, 0.15) is 44.5 Å². The lowest BCUT2D eigenvalue weighted by molar-refractivity contribution is 0.0526. The molecule has 0 radical (unpaired) electrons. The number of nitrogens with one attached hydrogen (secondary N) is 1. The Morgan fingerprint density at radius 1 is 1.29 bits per heavy atom. The maximum atomic E-state index is 12.5. The van der Waals surface area contributed by atoms with Gasteiger partial charge in [-0.3, -0.25) is 0 Å². The van der Waals surface area contributed by atoms with E-state index < -0.39 is 21.5 Å². The molecule has 24 heavy (non-hydrogen) atoms. The number of ether oxygens (including phenoxy) is 1. The summed E-state index contributed by atoms with van der Waals surface area (Å²) in [6.07, 6.45) is 0.629. The molecule has 1 rings (SSSR count). The normalized spacial score (nSPS) is 13.9. The zero-order valence-electron chi connectivity index (χ0n) is 14.5. The summed E-state index contributed by atoms with van der Waals surface area (Å²) in [4.78, 5) is 11.7. The minimum atomic E-state index is -3.71. The van der Waals surface area contributed by atoms with Gasteiger partial charge in [-0.05, 0) is 50.5 Å². The molecule has 0 aliphatic heterocycles. The molecule has 6 nitrogen and oxygen atoms in total. The van der Waals surface area contributed by atoms with E-state index in [1.54, 1.807) is 13.8 Å². The Balaban J connectivity index is 0.00000529. The number of halogens is 1. The number of hydrogen-bond acceptors (Lipinski definition) is 5. The van der Waals surface area contributed by atoms with Gasteiger partial charge >= 0.3 is 5.97 Å². The lowest BCUT2D eigenvalue weighted by Crippen LogP contribution is -2.51. The second-order valence-electron chi connectivity index (χ2n) is 6.21. The number of carbonyl (C=O) groups excluding carboxylic acids is 1. The van der Waals surface area contributed by atoms with Crippen LogP contribution in [0, 0.1) is 5.92 Å². The van der Waals surface area contributed by atoms with Crippen LogP contribution in [0.15, 0.2) is 29.2 Å². The van der Waals surface area contributed by atoms with Crippen molar-refractivity contribution in [2.45, 2.75) is 44.6 Å². The largest absolute Gasteiger partial charge is 0.462 e. The number of benzene rings is 1. The first kappa shape index (κ1) is 22.9. The van der Waals surface area contributed by atoms with Gasteiger partial charge in [0.2, 0.25) is 10.0 Å². The van der Waals surface area contributed by atoms with Gasteiger partial charge in [-0.1, -0.05) is 13.8 Å². The molecule has 0 amide bonds. The number of esters is 1. The Morgan fingerprint density at radius 3 is 2.25 bits per heavy atom. The SMILES string of the molecule is CCOC(=O)c1ccc(S(=O)(=O)NC(C)(CN)CC(C)C)cc1.Cl. The van der Waals surface area contributed by atoms with Crippen LogP contribution in [0.25, 0.3) is 0 Å². The first-order chi connectivity index (χ1) is 10.6. The maximum Gasteiger partial charge on any atom is 0.338 e. The molecule has 1 unspecified atom stereocenters. The van der Waals surface area contributed by atoms with Crippen LogP contribution >= 0.6 is 12.4 Å². The van der Waals surface area contributed by atoms with Crippen molar-refractivity contribution >= 4 is 28.4 Å². The number of rotatable bonds is 8. The van der Waals surface area contributed by atoms with E-state index in [1.807, 2.05) is 13.8 Å². The molecule has 0 fully saturated rings. The number of nitrogens with two attached hydrogens (primary N) is 1. The van der Waals surface area contributed by atoms with E-state index >= 15 is 0 Å². The molecule has 0 heterocycles. The highest BCUT2D eigenvalue weighted by Gasteiger charge is 2.30. The monoisotopic (exact) mass is 378 g/mol. The molecule has 1 atom stereocenters. The van der Waals surface area contributed by atoms with Crippen molar-refractivity contribution in [1.29, 1.82) is 0 Å². The van der Waals surface area contributed by atoms with Gasteiger partial charge in [0, 0.05) is 12.1 Å². The van der Waals surface area contributed by atoms with Crippen LogP contribution in [-0.2, 0) is 14.8 Å². The molecule has 0 spiro atoms. The summed E-state index contributed by atoms with van der Waals surface area (Å²) in [5, 5.41) is 0. The van der Waals surface area contributed by atoms with Crippen molar-refractivity contribution in [2.75, 3.05) is 13.2 Å². The van der Waals surface area contributed by atoms with Crippen LogP contribution in [-0.4, -0.2) is 33.1 Å². The van der Waals surface area contributed by atoms with Gasteiger partial charge in [-0.25, -0.2) is 17.9 Å². The van der Waals surface area contributed by atoms with Crippen molar-refractivity contribution < 1.29 is 17.9 Å². The lowest BCUT2D eigenvalue weighted by Gasteiger charge is -2.30. The van der Waals surface area contributed by atoms with Crippen molar-refractivity contribution in [1.82, 2.24) is 4.72 Å². The summed E-state index contributed by atoms with van der Waals surface area (Å²) >= 11 is 0. The zero-order valence-corrected chi connectivity index (χ0v) is 16.2. The van der Waals surface area contributed by atoms with Crippen LogP contribution < -0.4 is 10.5 Å². The molecule has 0 bridgehead atoms. The van der Waals surface area contributed by atoms with Gasteiger partial charge in [0.05, 0.1) is 17.1 Å². The fourth-order valence-electron chi connectivity index (χ4n) is 2.44. The van der Waals surface area contributed by atoms with Gasteiger partial charge in [0.1, 0.15) is 0 Å². The highest BCUT2D eigenvalue weighted by atomic mass is 35.5. The van der Waals surface area contributed by atoms with Gasteiger partial charge in [0.25, 0.3) is 0 Å². The summed E-state index contributed by atoms with van der Waals surface area (Å²) in [6.45, 7) is 7.99. The van der Waals surface area contributed by atoms with Crippen LogP contribution in [0.5, 0.6) is 0 Å². The van der Waals surface area contributed by atoms with Crippen molar-refractivity contribution in [2.24, 2.45) is 11.7 Å². The Bertz CT molecular complexity index is 632. The second kappa shape index (κ2) is 9.36. The van der Waals surface area contributed by atoms with Crippen LogP contribution in [0.4, 0.5) is 0 Å². The fraction of sp³-hybridized carbons (Fsp3) is 0.562. The van der Waals surface area contributed by atoms with Crippen molar-refractivity contribution in [3.8, 4) is 0 Å². The molecule has 0 saturated carbocycles. The second-order valence-corrected chi connectivity index (χ2v) is 7.90. The molecular weight excluding hydrogens is 352 g/mol. The van der Waals surface area contributed by atoms with Gasteiger partial charge in [-0.2, -0.15) is 0 Å². The third-order valence-corrected chi connectivity index (χ3v) is 5.02. The predicted molar refractivity (Wildman–Crippen MR) is 96.9 cm³/mol. The molecule has 3 N–H and O–H groups in total. The summed E-state index contributed by atoms with van der Waals surface area (Å²) in [6, 6.07) is 5.66. The molecule has 0 aromatic heterocycles. The smallest absolute Gasteiger partial charge is 0.338 e. The summed E-state index contributed by atoms with van der Waals surface area (Å²) in [5.74, 6) is -0.173. The van der Waals surface area contributed by atoms with E-state index in [0.29, 0.717) is 17.9 Å². The summed E-state index contributed by atoms with van der Waals surface area (Å²) < 4.78 is 32.6. The van der Waals surface area contributed by atoms with Crippen LogP contribution in [0.3, 0.4) is 0 Å². The zero-order chi connectivity index (χ0) is 17.7. The van der Waals surface area contributed by atoms with E-state index in [-0.39, 0.29) is 30.5 Å². The topological polar surface area (TPSA) is 98.5 Å². The maximum absolute atomic E-state index is 12.5. The number of carbonyl (C=O) groups is 1. The molecule has 8 heteroatoms. The van der Waals surface area contributed by atoms with E-state index in [1.165, 1.54) is 24.3 Å². The molecular formula is C16H27ClN2O4S. The van der Waals surface area contributed by atoms with E-state index in [4.69, 9.17) is 10.5 Å². The summed E-state index contributed by atoms with van der Waals surface area (Å²) in [5.41, 5.74) is 5.35. The highest BCUT2D eigenvalue weighted by molar-refractivity contribution is 7.89. The average Bonchev–Trinajstić information content (AvgIpc) is 2.46. The Hall–Kier alpha value is -1.15. The first-order valence-electron chi connectivity index (χ1n) is 7.65. The number of hydrogen-bond donors (Lipinski definition) is 2. The molecule has 0 aliphatic rings. The Labute approximate surface area is 150 Å². The van der Waals surface area contributed by atoms with Gasteiger partial charge in [0.15, 0.2) is 0 Å². The quantitative estimate of drug-likeness (QED) is 0.676. The predicted octanol–water partition coefficient (Wildman–Crippen LogP) is 2.33. The minimum Gasteiger partial charge on any atom is -0.462 e. The molecule has 1 aromatic rings. The van der Waals surface area contributed by atoms with Crippen molar-refractivity contribution in [3.63, 3.8) is 0 Å². The average molecular weight is 379 g/mol. The third kappa shape index (κ3) is 6.39. The van der Waals surface area contributed by atoms with Crippen molar-refractivity contribution in [3.05, 3.63) is 29.8 Å². The highest BCUT2D eigenvalue weighted by Crippen LogP contribution is 2.20. The lowest BCUT2D eigenvalue weighted by atomic mass is 9.92.